The molecule has 0 heterocycles. The Hall–Kier alpha value is -1.40. The second-order valence-corrected chi connectivity index (χ2v) is 8.10. The number of nitrogens with zero attached hydrogens (tertiary/aromatic N) is 1. The van der Waals surface area contributed by atoms with Crippen LogP contribution in [0.15, 0.2) is 47.4 Å². The van der Waals surface area contributed by atoms with E-state index in [1.165, 1.54) is 16.7 Å². The number of carbonyl (C=O) groups excluding carboxylic acids is 2. The molecule has 0 aromatic heterocycles. The first kappa shape index (κ1) is 21.9. The number of nitrogens with one attached hydrogen (secondary N) is 1. The minimum absolute atomic E-state index is 0.155. The molecule has 0 fully saturated rings. The first-order valence-electron chi connectivity index (χ1n) is 8.15. The van der Waals surface area contributed by atoms with Crippen LogP contribution in [-0.2, 0) is 16.1 Å². The third-order valence-electron chi connectivity index (χ3n) is 3.93. The fraction of sp³-hybridized carbons (Fsp3) is 0.263. The first-order valence-corrected chi connectivity index (χ1v) is 10.3. The molecule has 0 aliphatic heterocycles. The Morgan fingerprint density at radius 3 is 2.33 bits per heavy atom. The molecule has 1 N–H and O–H groups in total. The van der Waals surface area contributed by atoms with Crippen LogP contribution in [0.3, 0.4) is 0 Å². The van der Waals surface area contributed by atoms with Gasteiger partial charge in [0.05, 0.1) is 15.8 Å². The lowest BCUT2D eigenvalue weighted by Crippen LogP contribution is -2.47. The molecule has 0 saturated heterocycles. The molecule has 2 rings (SSSR count). The lowest BCUT2D eigenvalue weighted by molar-refractivity contribution is -0.138. The van der Waals surface area contributed by atoms with E-state index >= 15 is 0 Å². The molecule has 0 saturated carbocycles. The molecular formula is C19H19Cl3N2O2S. The second-order valence-electron chi connectivity index (χ2n) is 5.80. The van der Waals surface area contributed by atoms with Gasteiger partial charge in [0.25, 0.3) is 0 Å². The van der Waals surface area contributed by atoms with Gasteiger partial charge >= 0.3 is 0 Å². The number of hydrogen-bond donors (Lipinski definition) is 1. The molecular weight excluding hydrogens is 427 g/mol. The smallest absolute Gasteiger partial charge is 0.242 e. The number of benzene rings is 2. The maximum atomic E-state index is 12.8. The van der Waals surface area contributed by atoms with Crippen molar-refractivity contribution < 1.29 is 9.59 Å². The van der Waals surface area contributed by atoms with Crippen molar-refractivity contribution in [2.45, 2.75) is 24.4 Å². The van der Waals surface area contributed by atoms with Crippen molar-refractivity contribution in [3.05, 3.63) is 63.1 Å². The molecule has 4 nitrogen and oxygen atoms in total. The molecule has 8 heteroatoms. The molecule has 144 valence electrons. The molecule has 1 atom stereocenters. The zero-order valence-electron chi connectivity index (χ0n) is 14.8. The monoisotopic (exact) mass is 444 g/mol. The summed E-state index contributed by atoms with van der Waals surface area (Å²) in [5, 5.41) is 4.07. The van der Waals surface area contributed by atoms with Gasteiger partial charge in [0.2, 0.25) is 11.8 Å². The zero-order valence-corrected chi connectivity index (χ0v) is 17.9. The molecule has 2 amide bonds. The van der Waals surface area contributed by atoms with Crippen molar-refractivity contribution >= 4 is 58.4 Å². The predicted molar refractivity (Wildman–Crippen MR) is 113 cm³/mol. The normalized spacial score (nSPS) is 11.7. The van der Waals surface area contributed by atoms with E-state index < -0.39 is 6.04 Å². The van der Waals surface area contributed by atoms with Crippen LogP contribution >= 0.6 is 46.6 Å². The quantitative estimate of drug-likeness (QED) is 0.617. The van der Waals surface area contributed by atoms with E-state index in [1.54, 1.807) is 44.3 Å². The minimum Gasteiger partial charge on any atom is -0.357 e. The highest BCUT2D eigenvalue weighted by Crippen LogP contribution is 2.25. The average molecular weight is 446 g/mol. The van der Waals surface area contributed by atoms with Crippen LogP contribution in [0.5, 0.6) is 0 Å². The van der Waals surface area contributed by atoms with Gasteiger partial charge in [-0.3, -0.25) is 9.59 Å². The molecule has 27 heavy (non-hydrogen) atoms. The highest BCUT2D eigenvalue weighted by atomic mass is 35.5. The fourth-order valence-corrected chi connectivity index (χ4v) is 3.62. The van der Waals surface area contributed by atoms with Crippen LogP contribution in [0.2, 0.25) is 15.1 Å². The van der Waals surface area contributed by atoms with Gasteiger partial charge in [-0.15, -0.1) is 11.8 Å². The van der Waals surface area contributed by atoms with Gasteiger partial charge < -0.3 is 10.2 Å². The molecule has 0 aliphatic carbocycles. The van der Waals surface area contributed by atoms with E-state index in [0.29, 0.717) is 15.1 Å². The molecule has 0 radical (unpaired) electrons. The van der Waals surface area contributed by atoms with Gasteiger partial charge in [0, 0.05) is 23.5 Å². The Labute approximate surface area is 178 Å². The summed E-state index contributed by atoms with van der Waals surface area (Å²) < 4.78 is 0. The number of halogens is 3. The van der Waals surface area contributed by atoms with Gasteiger partial charge in [-0.25, -0.2) is 0 Å². The van der Waals surface area contributed by atoms with E-state index in [-0.39, 0.29) is 24.1 Å². The lowest BCUT2D eigenvalue weighted by Gasteiger charge is -2.28. The van der Waals surface area contributed by atoms with Crippen molar-refractivity contribution in [3.63, 3.8) is 0 Å². The summed E-state index contributed by atoms with van der Waals surface area (Å²) in [5.74, 6) is -0.193. The van der Waals surface area contributed by atoms with Crippen LogP contribution in [0.25, 0.3) is 0 Å². The molecule has 2 aromatic rings. The maximum absolute atomic E-state index is 12.8. The summed E-state index contributed by atoms with van der Waals surface area (Å²) in [6, 6.07) is 11.8. The standard InChI is InChI=1S/C19H19Cl3N2O2S/c1-12(19(26)23-2)24(10-13-3-8-16(21)17(22)9-13)18(25)11-27-15-6-4-14(20)5-7-15/h3-9,12H,10-11H2,1-2H3,(H,23,26). The molecule has 1 unspecified atom stereocenters. The van der Waals surface area contributed by atoms with Crippen LogP contribution in [-0.4, -0.2) is 35.6 Å². The summed E-state index contributed by atoms with van der Waals surface area (Å²) in [5.41, 5.74) is 0.796. The van der Waals surface area contributed by atoms with E-state index in [4.69, 9.17) is 34.8 Å². The summed E-state index contributed by atoms with van der Waals surface area (Å²) in [6.07, 6.45) is 0. The molecule has 2 aromatic carbocycles. The molecule has 0 spiro atoms. The van der Waals surface area contributed by atoms with Gasteiger partial charge in [-0.2, -0.15) is 0 Å². The van der Waals surface area contributed by atoms with Crippen molar-refractivity contribution in [2.24, 2.45) is 0 Å². The number of carbonyl (C=O) groups is 2. The Balaban J connectivity index is 2.14. The Bertz CT molecular complexity index is 815. The summed E-state index contributed by atoms with van der Waals surface area (Å²) in [7, 11) is 1.54. The fourth-order valence-electron chi connectivity index (χ4n) is 2.39. The van der Waals surface area contributed by atoms with Crippen molar-refractivity contribution in [1.82, 2.24) is 10.2 Å². The summed E-state index contributed by atoms with van der Waals surface area (Å²) in [6.45, 7) is 1.95. The Morgan fingerprint density at radius 2 is 1.74 bits per heavy atom. The highest BCUT2D eigenvalue weighted by molar-refractivity contribution is 8.00. The maximum Gasteiger partial charge on any atom is 0.242 e. The van der Waals surface area contributed by atoms with Crippen LogP contribution in [0, 0.1) is 0 Å². The Morgan fingerprint density at radius 1 is 1.07 bits per heavy atom. The number of hydrogen-bond acceptors (Lipinski definition) is 3. The third kappa shape index (κ3) is 6.32. The van der Waals surface area contributed by atoms with Crippen molar-refractivity contribution in [2.75, 3.05) is 12.8 Å². The van der Waals surface area contributed by atoms with Gasteiger partial charge in [-0.1, -0.05) is 40.9 Å². The van der Waals surface area contributed by atoms with E-state index in [0.717, 1.165) is 10.5 Å². The van der Waals surface area contributed by atoms with E-state index in [9.17, 15) is 9.59 Å². The topological polar surface area (TPSA) is 49.4 Å². The van der Waals surface area contributed by atoms with E-state index in [2.05, 4.69) is 5.32 Å². The van der Waals surface area contributed by atoms with Crippen molar-refractivity contribution in [1.29, 1.82) is 0 Å². The number of thioether (sulfide) groups is 1. The zero-order chi connectivity index (χ0) is 20.0. The second kappa shape index (κ2) is 10.2. The van der Waals surface area contributed by atoms with E-state index in [1.807, 2.05) is 12.1 Å². The minimum atomic E-state index is -0.622. The third-order valence-corrected chi connectivity index (χ3v) is 5.91. The van der Waals surface area contributed by atoms with Crippen molar-refractivity contribution in [3.8, 4) is 0 Å². The highest BCUT2D eigenvalue weighted by Gasteiger charge is 2.25. The summed E-state index contributed by atoms with van der Waals surface area (Å²) >= 11 is 19.3. The first-order chi connectivity index (χ1) is 12.8. The van der Waals surface area contributed by atoms with Gasteiger partial charge in [0.1, 0.15) is 6.04 Å². The van der Waals surface area contributed by atoms with Gasteiger partial charge in [0.15, 0.2) is 0 Å². The van der Waals surface area contributed by atoms with Crippen LogP contribution < -0.4 is 5.32 Å². The number of rotatable bonds is 7. The van der Waals surface area contributed by atoms with Crippen LogP contribution in [0.1, 0.15) is 12.5 Å². The average Bonchev–Trinajstić information content (AvgIpc) is 2.67. The summed E-state index contributed by atoms with van der Waals surface area (Å²) in [4.78, 5) is 27.4. The molecule has 0 bridgehead atoms. The SMILES string of the molecule is CNC(=O)C(C)N(Cc1ccc(Cl)c(Cl)c1)C(=O)CSc1ccc(Cl)cc1. The predicted octanol–water partition coefficient (Wildman–Crippen LogP) is 4.90. The Kier molecular flexibility index (Phi) is 8.29. The number of amides is 2. The van der Waals surface area contributed by atoms with Gasteiger partial charge in [-0.05, 0) is 48.9 Å². The lowest BCUT2D eigenvalue weighted by atomic mass is 10.1. The molecule has 0 aliphatic rings. The number of likely N-dealkylation sites (N-methyl/N-ethyl adjacent to an activating group) is 1. The van der Waals surface area contributed by atoms with Crippen LogP contribution in [0.4, 0.5) is 0 Å². The largest absolute Gasteiger partial charge is 0.357 e.